The number of benzene rings is 9. The van der Waals surface area contributed by atoms with E-state index in [1.54, 1.807) is 41.1 Å². The van der Waals surface area contributed by atoms with E-state index in [4.69, 9.17) is 38.5 Å². The molecule has 0 aliphatic heterocycles. The summed E-state index contributed by atoms with van der Waals surface area (Å²) in [6.07, 6.45) is -18.8. The number of para-hydroxylation sites is 1. The first-order valence-electron chi connectivity index (χ1n) is 52.9. The van der Waals surface area contributed by atoms with E-state index in [1.807, 2.05) is 32.9 Å². The van der Waals surface area contributed by atoms with Crippen LogP contribution in [0.3, 0.4) is 0 Å². The Morgan fingerprint density at radius 3 is 1.79 bits per heavy atom. The summed E-state index contributed by atoms with van der Waals surface area (Å²) >= 11 is 0. The van der Waals surface area contributed by atoms with Gasteiger partial charge in [0.2, 0.25) is 0 Å². The molecule has 0 radical (unpaired) electrons. The van der Waals surface area contributed by atoms with Gasteiger partial charge < -0.3 is 4.74 Å². The van der Waals surface area contributed by atoms with Crippen LogP contribution in [-0.4, -0.2) is 14.1 Å². The van der Waals surface area contributed by atoms with Crippen LogP contribution in [0.25, 0.3) is 94.5 Å². The number of imidazole rings is 1. The molecule has 0 amide bonds. The molecule has 0 bridgehead atoms. The maximum absolute atomic E-state index is 10.7. The molecular formula is C85H86N4O. The highest BCUT2D eigenvalue weighted by atomic mass is 16.5. The van der Waals surface area contributed by atoms with E-state index in [1.165, 1.54) is 60.7 Å². The fourth-order valence-electron chi connectivity index (χ4n) is 11.9. The highest BCUT2D eigenvalue weighted by Crippen LogP contribution is 2.51. The Bertz CT molecular complexity index is 6730. The molecule has 0 N–H and O–H groups in total. The maximum Gasteiger partial charge on any atom is 0.269 e. The van der Waals surface area contributed by atoms with Crippen LogP contribution in [0.5, 0.6) is 11.5 Å². The Balaban J connectivity index is 1.18. The molecule has 12 aromatic rings. The van der Waals surface area contributed by atoms with Crippen LogP contribution < -0.4 is 9.30 Å². The van der Waals surface area contributed by atoms with Crippen LogP contribution in [0, 0.1) is 33.7 Å². The molecule has 0 saturated heterocycles. The lowest BCUT2D eigenvalue weighted by molar-refractivity contribution is -0.571. The number of aromatic nitrogens is 4. The molecule has 1 atom stereocenters. The molecule has 5 heteroatoms. The predicted octanol–water partition coefficient (Wildman–Crippen LogP) is 22.3. The Kier molecular flexibility index (Phi) is 6.07. The topological polar surface area (TPSA) is 35.9 Å². The number of nitrogens with zero attached hydrogens (tertiary/aromatic N) is 4. The summed E-state index contributed by atoms with van der Waals surface area (Å²) in [4.78, 5) is 4.80. The van der Waals surface area contributed by atoms with Crippen LogP contribution in [0.15, 0.2) is 188 Å². The van der Waals surface area contributed by atoms with Crippen LogP contribution in [0.2, 0.25) is 0 Å². The Labute approximate surface area is 602 Å². The zero-order chi connectivity index (χ0) is 105. The van der Waals surface area contributed by atoms with Gasteiger partial charge in [-0.3, -0.25) is 13.7 Å². The second kappa shape index (κ2) is 21.4. The molecular weight excluding hydrogens is 1090 g/mol. The SMILES string of the molecule is [2H]c1c([2H])c2c(c([2H])c1-c1cccc(-c3c([2H])c([2H])c4c(c3[2H])C(C([2H])([2H])[2H])(C([2H])([2H])[2H])C([2H])([2H])C([2H])([2H])C4(C([2H])([2H])[2H])C([2H])([2H])C)c1-[n+]1[c-]n(-c3cccc(Oc4ccc5c6cc(-c7c(C([2H])([2H])[2H])cccc7C([2H])([2H])[2H])ccc6n(-c6cc(C(C)(C)C)ccn6)c5c4)c3)c3ccc(-c4c(C([2H])([2H])[2H])cccc4C([2H])([2H])[2H])cc31)C(C([2H])([2H])[2H])(C([2H])([2H])[2H])C([2H])([2H])C([2H])([2H])C2(C([2H])([2H])[2H])C([2H])([2H])[2H]. The third kappa shape index (κ3) is 9.90. The third-order valence-electron chi connectivity index (χ3n) is 16.4. The lowest BCUT2D eigenvalue weighted by atomic mass is 9.61. The summed E-state index contributed by atoms with van der Waals surface area (Å²) in [7, 11) is 0. The molecule has 5 nitrogen and oxygen atoms in total. The highest BCUT2D eigenvalue weighted by Gasteiger charge is 2.40. The van der Waals surface area contributed by atoms with Crippen molar-refractivity contribution in [3.05, 3.63) is 244 Å². The number of rotatable bonds is 10. The van der Waals surface area contributed by atoms with Crippen molar-refractivity contribution in [1.82, 2.24) is 14.1 Å². The van der Waals surface area contributed by atoms with Gasteiger partial charge >= 0.3 is 0 Å². The van der Waals surface area contributed by atoms with Gasteiger partial charge in [-0.25, -0.2) is 4.98 Å². The fraction of sp³-hybridized carbons (Fsp3) is 0.294. The van der Waals surface area contributed by atoms with Gasteiger partial charge in [0.15, 0.2) is 0 Å². The molecule has 90 heavy (non-hydrogen) atoms. The van der Waals surface area contributed by atoms with Crippen molar-refractivity contribution < 1.29 is 76.5 Å². The minimum absolute atomic E-state index is 0.0416. The van der Waals surface area contributed by atoms with E-state index >= 15 is 0 Å². The first kappa shape index (κ1) is 25.5. The average molecular weight is 1230 g/mol. The average Bonchev–Trinajstić information content (AvgIpc) is 0.729. The normalized spacial score (nSPS) is 28.7. The molecule has 3 heterocycles. The molecule has 0 saturated carbocycles. The van der Waals surface area contributed by atoms with Gasteiger partial charge in [-0.2, -0.15) is 0 Å². The van der Waals surface area contributed by atoms with Crippen molar-refractivity contribution >= 4 is 32.8 Å². The van der Waals surface area contributed by atoms with E-state index in [0.29, 0.717) is 34.5 Å². The smallest absolute Gasteiger partial charge is 0.269 e. The molecule has 3 aromatic heterocycles. The summed E-state index contributed by atoms with van der Waals surface area (Å²) in [5.74, 6) is 0.291. The quantitative estimate of drug-likeness (QED) is 0.101. The van der Waals surface area contributed by atoms with Crippen molar-refractivity contribution in [2.45, 2.75) is 162 Å². The fourth-order valence-corrected chi connectivity index (χ4v) is 11.9. The summed E-state index contributed by atoms with van der Waals surface area (Å²) in [5, 5.41) is 0.934. The van der Waals surface area contributed by atoms with Crippen molar-refractivity contribution in [2.24, 2.45) is 0 Å². The molecule has 1 unspecified atom stereocenters. The molecule has 9 aromatic carbocycles. The third-order valence-corrected chi connectivity index (χ3v) is 16.4. The summed E-state index contributed by atoms with van der Waals surface area (Å²) < 4.78 is 467. The molecule has 0 fully saturated rings. The summed E-state index contributed by atoms with van der Waals surface area (Å²) in [6, 6.07) is 20.8. The Hall–Kier alpha value is -8.80. The number of fused-ring (bicyclic) bond motifs is 6. The number of hydrogen-bond donors (Lipinski definition) is 0. The predicted molar refractivity (Wildman–Crippen MR) is 377 cm³/mol. The number of aryl methyl sites for hydroxylation is 4. The number of ether oxygens (including phenoxy) is 1. The summed E-state index contributed by atoms with van der Waals surface area (Å²) in [5.41, 5.74) is -35.4. The Morgan fingerprint density at radius 1 is 0.567 bits per heavy atom. The van der Waals surface area contributed by atoms with E-state index in [2.05, 4.69) is 6.33 Å². The largest absolute Gasteiger partial charge is 0.458 e. The minimum atomic E-state index is -4.99. The van der Waals surface area contributed by atoms with E-state index in [-0.39, 0.29) is 45.0 Å². The van der Waals surface area contributed by atoms with Crippen molar-refractivity contribution in [1.29, 1.82) is 0 Å². The van der Waals surface area contributed by atoms with E-state index < -0.39 is 249 Å². The van der Waals surface area contributed by atoms with E-state index in [9.17, 15) is 38.4 Å². The minimum Gasteiger partial charge on any atom is -0.458 e. The molecule has 0 spiro atoms. The van der Waals surface area contributed by atoms with E-state index in [0.717, 1.165) is 57.2 Å². The lowest BCUT2D eigenvalue weighted by Crippen LogP contribution is -2.35. The lowest BCUT2D eigenvalue weighted by Gasteiger charge is -2.43. The second-order valence-corrected chi connectivity index (χ2v) is 23.4. The van der Waals surface area contributed by atoms with Gasteiger partial charge in [0.25, 0.3) is 6.33 Å². The van der Waals surface area contributed by atoms with Gasteiger partial charge in [-0.1, -0.05) is 191 Å². The van der Waals surface area contributed by atoms with Gasteiger partial charge in [0, 0.05) is 82.0 Å². The van der Waals surface area contributed by atoms with Crippen LogP contribution in [-0.2, 0) is 27.1 Å². The van der Waals surface area contributed by atoms with Crippen LogP contribution in [0.4, 0.5) is 0 Å². The second-order valence-electron chi connectivity index (χ2n) is 23.4. The summed E-state index contributed by atoms with van der Waals surface area (Å²) in [6.45, 7) is -38.4. The first-order valence-corrected chi connectivity index (χ1v) is 28.4. The standard InChI is InChI=1S/C85H86N4O/c1-16-85(15)43-42-84(13,14)72-47-58(30-36-70(72)85)66-28-20-27-65(57-29-35-69-71(46-57)83(11,12)41-40-82(69,9)10)80(66)88-52-87(74-38-32-60(48-76(74)88)79-55(4)23-18-24-56(79)5)62-25-19-26-63(50-62)90-64-33-34-67-68-45-59(78-53(2)21-17-22-54(78)3)31-37-73(68)89(75(67)51-64)77-49-61(39-44-86-77)81(6,7)8/h17-39,44-51H,16,40-43H2,1-15H3/i2D3,3D3,4D3,5D3,9D3,10D3,11D3,12D3,13D3,14D3,15D3,16D2,29D,30D,35D,36D,40D2,41D2,42D2,43D2,46D,47D. The molecule has 452 valence electrons. The first-order chi connectivity index (χ1) is 62.8. The zero-order valence-corrected chi connectivity index (χ0v) is 48.6. The Morgan fingerprint density at radius 2 is 1.16 bits per heavy atom. The van der Waals surface area contributed by atoms with Crippen molar-refractivity contribution in [3.8, 4) is 73.2 Å². The van der Waals surface area contributed by atoms with Crippen molar-refractivity contribution in [2.75, 3.05) is 0 Å². The van der Waals surface area contributed by atoms with Gasteiger partial charge in [-0.15, -0.1) is 0 Å². The molecule has 2 aliphatic rings. The molecule has 2 aliphatic carbocycles. The monoisotopic (exact) mass is 1230 g/mol. The van der Waals surface area contributed by atoms with Gasteiger partial charge in [0.05, 0.1) is 41.7 Å². The zero-order valence-electron chi connectivity index (χ0n) is 97.6. The van der Waals surface area contributed by atoms with Gasteiger partial charge in [-0.05, 0) is 242 Å². The number of hydrogen-bond acceptors (Lipinski definition) is 2. The van der Waals surface area contributed by atoms with Crippen LogP contribution >= 0.6 is 0 Å². The maximum atomic E-state index is 10.7. The number of pyridine rings is 1. The van der Waals surface area contributed by atoms with Crippen LogP contribution in [0.1, 0.15) is 225 Å². The highest BCUT2D eigenvalue weighted by molar-refractivity contribution is 6.11. The molecule has 14 rings (SSSR count). The van der Waals surface area contributed by atoms with Gasteiger partial charge in [0.1, 0.15) is 17.3 Å². The van der Waals surface area contributed by atoms with Crippen molar-refractivity contribution in [3.63, 3.8) is 0 Å².